The molecule has 0 saturated carbocycles. The van der Waals surface area contributed by atoms with E-state index in [9.17, 15) is 19.2 Å². The van der Waals surface area contributed by atoms with Gasteiger partial charge in [0.15, 0.2) is 0 Å². The first kappa shape index (κ1) is 36.8. The second-order valence-corrected chi connectivity index (χ2v) is 12.2. The Bertz CT molecular complexity index is 868. The van der Waals surface area contributed by atoms with E-state index in [1.165, 1.54) is 7.11 Å². The number of primary amides is 1. The highest BCUT2D eigenvalue weighted by Gasteiger charge is 2.42. The number of hydrogen-bond acceptors (Lipinski definition) is 7. The van der Waals surface area contributed by atoms with Crippen LogP contribution in [-0.4, -0.2) is 105 Å². The Morgan fingerprint density at radius 2 is 1.59 bits per heavy atom. The SMILES string of the molecule is CCC(C)[C@@H]([C@@H](CC(=O)N1CCC[C@H]1[C@H](OC)[C@H](C)C(N)=O)OC)N(C)C(=O)C(NC(=O)[C@@H](NC)C(C)C)C(C)C. The largest absolute Gasteiger partial charge is 0.379 e. The standard InChI is InChI=1S/C30H57N5O6/c1-12-19(6)26(34(9)30(39)25(18(4)5)33-29(38)24(32-8)17(2)3)22(40-10)16-23(36)35-15-13-14-21(35)27(41-11)20(7)28(31)37/h17-22,24-27,32H,12-16H2,1-11H3,(H2,31,37)(H,33,38)/t19?,20-,21-,22+,24-,25?,26-,27+/m0/s1. The van der Waals surface area contributed by atoms with Crippen molar-refractivity contribution in [1.82, 2.24) is 20.4 Å². The van der Waals surface area contributed by atoms with Crippen LogP contribution >= 0.6 is 0 Å². The molecule has 4 amide bonds. The molecule has 11 nitrogen and oxygen atoms in total. The molecule has 1 saturated heterocycles. The van der Waals surface area contributed by atoms with Crippen LogP contribution in [0, 0.1) is 23.7 Å². The van der Waals surface area contributed by atoms with Crippen LogP contribution in [0.4, 0.5) is 0 Å². The highest BCUT2D eigenvalue weighted by atomic mass is 16.5. The van der Waals surface area contributed by atoms with E-state index in [1.807, 2.05) is 41.5 Å². The van der Waals surface area contributed by atoms with E-state index in [0.29, 0.717) is 13.0 Å². The Morgan fingerprint density at radius 1 is 1.00 bits per heavy atom. The maximum Gasteiger partial charge on any atom is 0.245 e. The maximum atomic E-state index is 13.9. The van der Waals surface area contributed by atoms with Gasteiger partial charge in [-0.15, -0.1) is 0 Å². The van der Waals surface area contributed by atoms with Crippen LogP contribution in [0.15, 0.2) is 0 Å². The lowest BCUT2D eigenvalue weighted by atomic mass is 9.89. The molecule has 11 heteroatoms. The molecule has 0 aromatic heterocycles. The van der Waals surface area contributed by atoms with E-state index in [0.717, 1.165) is 12.8 Å². The van der Waals surface area contributed by atoms with Crippen LogP contribution in [-0.2, 0) is 28.7 Å². The topological polar surface area (TPSA) is 143 Å². The molecule has 0 aromatic rings. The number of carbonyl (C=O) groups is 4. The molecule has 1 rings (SSSR count). The molecule has 1 aliphatic rings. The molecule has 0 bridgehead atoms. The Hall–Kier alpha value is -2.24. The van der Waals surface area contributed by atoms with Crippen LogP contribution in [0.2, 0.25) is 0 Å². The van der Waals surface area contributed by atoms with Crippen molar-refractivity contribution in [2.24, 2.45) is 29.4 Å². The molecule has 41 heavy (non-hydrogen) atoms. The Labute approximate surface area is 247 Å². The molecular weight excluding hydrogens is 526 g/mol. The van der Waals surface area contributed by atoms with E-state index < -0.39 is 42.2 Å². The summed E-state index contributed by atoms with van der Waals surface area (Å²) in [5, 5.41) is 6.00. The number of methoxy groups -OCH3 is 2. The van der Waals surface area contributed by atoms with Gasteiger partial charge in [-0.3, -0.25) is 19.2 Å². The fraction of sp³-hybridized carbons (Fsp3) is 0.867. The summed E-state index contributed by atoms with van der Waals surface area (Å²) in [4.78, 5) is 56.0. The molecule has 0 aliphatic carbocycles. The summed E-state index contributed by atoms with van der Waals surface area (Å²) in [6.45, 7) is 14.1. The van der Waals surface area contributed by atoms with Crippen LogP contribution in [0.5, 0.6) is 0 Å². The van der Waals surface area contributed by atoms with Crippen LogP contribution in [0.25, 0.3) is 0 Å². The average molecular weight is 584 g/mol. The van der Waals surface area contributed by atoms with Gasteiger partial charge in [-0.1, -0.05) is 54.9 Å². The summed E-state index contributed by atoms with van der Waals surface area (Å²) < 4.78 is 11.6. The highest BCUT2D eigenvalue weighted by Crippen LogP contribution is 2.29. The first-order valence-electron chi connectivity index (χ1n) is 15.1. The minimum Gasteiger partial charge on any atom is -0.379 e. The third kappa shape index (κ3) is 9.38. The Morgan fingerprint density at radius 3 is 2.02 bits per heavy atom. The van der Waals surface area contributed by atoms with E-state index in [2.05, 4.69) is 10.6 Å². The highest BCUT2D eigenvalue weighted by molar-refractivity contribution is 5.90. The number of nitrogens with two attached hydrogens (primary N) is 1. The summed E-state index contributed by atoms with van der Waals surface area (Å²) in [5.74, 6) is -1.66. The van der Waals surface area contributed by atoms with Crippen molar-refractivity contribution in [3.63, 3.8) is 0 Å². The number of nitrogens with one attached hydrogen (secondary N) is 2. The Kier molecular flexibility index (Phi) is 15.3. The average Bonchev–Trinajstić information content (AvgIpc) is 3.40. The third-order valence-electron chi connectivity index (χ3n) is 8.78. The number of carbonyl (C=O) groups excluding carboxylic acids is 4. The molecule has 0 spiro atoms. The molecular formula is C30H57N5O6. The van der Waals surface area contributed by atoms with Crippen LogP contribution in [0.3, 0.4) is 0 Å². The summed E-state index contributed by atoms with van der Waals surface area (Å²) in [6.07, 6.45) is 1.26. The van der Waals surface area contributed by atoms with Crippen molar-refractivity contribution in [1.29, 1.82) is 0 Å². The van der Waals surface area contributed by atoms with Gasteiger partial charge in [0, 0.05) is 27.8 Å². The third-order valence-corrected chi connectivity index (χ3v) is 8.78. The van der Waals surface area contributed by atoms with Crippen molar-refractivity contribution in [2.45, 2.75) is 111 Å². The van der Waals surface area contributed by atoms with Crippen LogP contribution < -0.4 is 16.4 Å². The van der Waals surface area contributed by atoms with E-state index >= 15 is 0 Å². The predicted octanol–water partition coefficient (Wildman–Crippen LogP) is 1.78. The van der Waals surface area contributed by atoms with Gasteiger partial charge in [-0.25, -0.2) is 0 Å². The number of likely N-dealkylation sites (N-methyl/N-ethyl adjacent to an activating group) is 2. The molecule has 238 valence electrons. The van der Waals surface area contributed by atoms with E-state index in [1.54, 1.807) is 37.9 Å². The lowest BCUT2D eigenvalue weighted by molar-refractivity contribution is -0.147. The van der Waals surface area contributed by atoms with Crippen molar-refractivity contribution >= 4 is 23.6 Å². The number of rotatable bonds is 17. The normalized spacial score (nSPS) is 20.7. The summed E-state index contributed by atoms with van der Waals surface area (Å²) in [5.41, 5.74) is 5.56. The fourth-order valence-electron chi connectivity index (χ4n) is 6.06. The molecule has 2 unspecified atom stereocenters. The lowest BCUT2D eigenvalue weighted by Gasteiger charge is -2.41. The zero-order valence-electron chi connectivity index (χ0n) is 27.2. The van der Waals surface area contributed by atoms with Gasteiger partial charge in [-0.05, 0) is 37.6 Å². The van der Waals surface area contributed by atoms with Crippen LogP contribution in [0.1, 0.15) is 74.1 Å². The monoisotopic (exact) mass is 583 g/mol. The van der Waals surface area contributed by atoms with E-state index in [-0.39, 0.29) is 47.9 Å². The molecule has 0 aromatic carbocycles. The minimum atomic E-state index is -0.734. The van der Waals surface area contributed by atoms with Gasteiger partial charge in [0.05, 0.1) is 42.7 Å². The molecule has 1 heterocycles. The number of amides is 4. The van der Waals surface area contributed by atoms with Crippen molar-refractivity contribution in [3.8, 4) is 0 Å². The van der Waals surface area contributed by atoms with Crippen molar-refractivity contribution in [3.05, 3.63) is 0 Å². The van der Waals surface area contributed by atoms with E-state index in [4.69, 9.17) is 15.2 Å². The molecule has 0 radical (unpaired) electrons. The number of ether oxygens (including phenoxy) is 2. The van der Waals surface area contributed by atoms with Gasteiger partial charge < -0.3 is 35.6 Å². The first-order valence-corrected chi connectivity index (χ1v) is 15.1. The molecule has 1 fully saturated rings. The minimum absolute atomic E-state index is 0.0157. The lowest BCUT2D eigenvalue weighted by Crippen LogP contribution is -2.59. The molecule has 4 N–H and O–H groups in total. The smallest absolute Gasteiger partial charge is 0.245 e. The maximum absolute atomic E-state index is 13.9. The summed E-state index contributed by atoms with van der Waals surface area (Å²) >= 11 is 0. The summed E-state index contributed by atoms with van der Waals surface area (Å²) in [7, 11) is 6.55. The predicted molar refractivity (Wildman–Crippen MR) is 160 cm³/mol. The molecule has 1 aliphatic heterocycles. The second kappa shape index (κ2) is 17.0. The van der Waals surface area contributed by atoms with Crippen molar-refractivity contribution < 1.29 is 28.7 Å². The fourth-order valence-corrected chi connectivity index (χ4v) is 6.06. The second-order valence-electron chi connectivity index (χ2n) is 12.2. The van der Waals surface area contributed by atoms with Crippen molar-refractivity contribution in [2.75, 3.05) is 34.9 Å². The van der Waals surface area contributed by atoms with Gasteiger partial charge in [0.25, 0.3) is 0 Å². The molecule has 8 atom stereocenters. The summed E-state index contributed by atoms with van der Waals surface area (Å²) in [6, 6.07) is -1.84. The van der Waals surface area contributed by atoms with Gasteiger partial charge >= 0.3 is 0 Å². The number of hydrogen-bond donors (Lipinski definition) is 3. The number of likely N-dealkylation sites (tertiary alicyclic amines) is 1. The Balaban J connectivity index is 3.24. The number of nitrogens with zero attached hydrogens (tertiary/aromatic N) is 2. The van der Waals surface area contributed by atoms with Gasteiger partial charge in [0.1, 0.15) is 6.04 Å². The zero-order chi connectivity index (χ0) is 31.6. The van der Waals surface area contributed by atoms with Gasteiger partial charge in [-0.2, -0.15) is 0 Å². The van der Waals surface area contributed by atoms with Gasteiger partial charge in [0.2, 0.25) is 23.6 Å². The first-order chi connectivity index (χ1) is 19.2. The quantitative estimate of drug-likeness (QED) is 0.237. The zero-order valence-corrected chi connectivity index (χ0v) is 27.2.